The summed E-state index contributed by atoms with van der Waals surface area (Å²) < 4.78 is 69.9. The number of sulfone groups is 2. The number of hydrogen-bond acceptors (Lipinski definition) is 7. The van der Waals surface area contributed by atoms with Gasteiger partial charge in [0.05, 0.1) is 34.2 Å². The molecule has 2 heterocycles. The second-order valence-electron chi connectivity index (χ2n) is 7.72. The molecule has 0 aromatic heterocycles. The van der Waals surface area contributed by atoms with Gasteiger partial charge in [-0.1, -0.05) is 0 Å². The summed E-state index contributed by atoms with van der Waals surface area (Å²) in [5.74, 6) is -2.04. The van der Waals surface area contributed by atoms with Crippen LogP contribution in [0.1, 0.15) is 25.3 Å². The number of rotatable bonds is 5. The van der Waals surface area contributed by atoms with Crippen LogP contribution in [0.25, 0.3) is 0 Å². The summed E-state index contributed by atoms with van der Waals surface area (Å²) in [6.45, 7) is 4.26. The highest BCUT2D eigenvalue weighted by atomic mass is 32.2. The van der Waals surface area contributed by atoms with Gasteiger partial charge in [-0.2, -0.15) is 0 Å². The molecule has 7 nitrogen and oxygen atoms in total. The molecule has 29 heavy (non-hydrogen) atoms. The Balaban J connectivity index is 1.92. The summed E-state index contributed by atoms with van der Waals surface area (Å²) >= 11 is 0. The quantitative estimate of drug-likeness (QED) is 0.496. The van der Waals surface area contributed by atoms with E-state index in [0.29, 0.717) is 19.4 Å². The van der Waals surface area contributed by atoms with Gasteiger partial charge < -0.3 is 4.74 Å². The van der Waals surface area contributed by atoms with Gasteiger partial charge in [0.25, 0.3) is 0 Å². The number of ether oxygens (including phenoxy) is 1. The Hall–Kier alpha value is -1.52. The van der Waals surface area contributed by atoms with Crippen LogP contribution in [0.3, 0.4) is 0 Å². The number of benzene rings is 1. The zero-order valence-corrected chi connectivity index (χ0v) is 18.1. The largest absolute Gasteiger partial charge is 0.466 e. The Kier molecular flexibility index (Phi) is 6.35. The van der Waals surface area contributed by atoms with Crippen LogP contribution in [0.15, 0.2) is 23.1 Å². The molecular formula is C19H26FNO6S2. The number of carbonyl (C=O) groups is 1. The standard InChI is InChI=1S/C19H26FNO6S2/c1-3-27-19(22)14-5-4-8-21(10-14)16-11-28(23,24)12-18(16)29(25,26)17-7-6-15(20)9-13(17)2/h6-7,9,14,16,18H,3-5,8,10-12H2,1-2H3/t14?,16-,18-/m0/s1. The predicted molar refractivity (Wildman–Crippen MR) is 105 cm³/mol. The molecule has 3 rings (SSSR count). The predicted octanol–water partition coefficient (Wildman–Crippen LogP) is 1.35. The summed E-state index contributed by atoms with van der Waals surface area (Å²) in [7, 11) is -7.57. The summed E-state index contributed by atoms with van der Waals surface area (Å²) in [4.78, 5) is 13.9. The SMILES string of the molecule is CCOC(=O)C1CCCN([C@H]2CS(=O)(=O)C[C@@H]2S(=O)(=O)c2ccc(F)cc2C)C1. The number of aryl methyl sites for hydroxylation is 1. The van der Waals surface area contributed by atoms with Crippen molar-refractivity contribution in [2.75, 3.05) is 31.2 Å². The smallest absolute Gasteiger partial charge is 0.310 e. The summed E-state index contributed by atoms with van der Waals surface area (Å²) in [5, 5.41) is -1.15. The Morgan fingerprint density at radius 2 is 2.03 bits per heavy atom. The Labute approximate surface area is 171 Å². The lowest BCUT2D eigenvalue weighted by atomic mass is 9.96. The van der Waals surface area contributed by atoms with E-state index in [2.05, 4.69) is 0 Å². The van der Waals surface area contributed by atoms with E-state index in [1.807, 2.05) is 0 Å². The molecule has 2 saturated heterocycles. The van der Waals surface area contributed by atoms with E-state index < -0.39 is 48.5 Å². The molecule has 0 aliphatic carbocycles. The van der Waals surface area contributed by atoms with Crippen LogP contribution in [-0.2, 0) is 29.2 Å². The second kappa shape index (κ2) is 8.31. The maximum atomic E-state index is 13.4. The minimum Gasteiger partial charge on any atom is -0.466 e. The van der Waals surface area contributed by atoms with Crippen LogP contribution in [0, 0.1) is 18.7 Å². The van der Waals surface area contributed by atoms with Gasteiger partial charge in [-0.3, -0.25) is 9.69 Å². The van der Waals surface area contributed by atoms with Gasteiger partial charge >= 0.3 is 5.97 Å². The molecule has 0 radical (unpaired) electrons. The third-order valence-corrected chi connectivity index (χ3v) is 9.93. The lowest BCUT2D eigenvalue weighted by Gasteiger charge is -2.37. The first kappa shape index (κ1) is 22.2. The molecule has 0 spiro atoms. The number of carbonyl (C=O) groups excluding carboxylic acids is 1. The van der Waals surface area contributed by atoms with Crippen LogP contribution in [-0.4, -0.2) is 70.2 Å². The highest BCUT2D eigenvalue weighted by Gasteiger charge is 2.49. The van der Waals surface area contributed by atoms with E-state index in [4.69, 9.17) is 4.74 Å². The van der Waals surface area contributed by atoms with Crippen molar-refractivity contribution in [3.05, 3.63) is 29.6 Å². The number of halogens is 1. The van der Waals surface area contributed by atoms with Crippen molar-refractivity contribution in [3.8, 4) is 0 Å². The normalized spacial score (nSPS) is 27.6. The Bertz CT molecular complexity index is 992. The van der Waals surface area contributed by atoms with E-state index in [1.54, 1.807) is 11.8 Å². The zero-order chi connectivity index (χ0) is 21.4. The molecule has 1 aromatic rings. The highest BCUT2D eigenvalue weighted by Crippen LogP contribution is 2.33. The first-order chi connectivity index (χ1) is 13.5. The van der Waals surface area contributed by atoms with Crippen molar-refractivity contribution in [3.63, 3.8) is 0 Å². The van der Waals surface area contributed by atoms with Gasteiger partial charge in [0, 0.05) is 12.6 Å². The molecule has 0 bridgehead atoms. The van der Waals surface area contributed by atoms with Crippen LogP contribution in [0.5, 0.6) is 0 Å². The fourth-order valence-electron chi connectivity index (χ4n) is 4.29. The molecule has 162 valence electrons. The van der Waals surface area contributed by atoms with Gasteiger partial charge in [0.2, 0.25) is 0 Å². The maximum Gasteiger partial charge on any atom is 0.310 e. The highest BCUT2D eigenvalue weighted by molar-refractivity contribution is 7.96. The molecule has 1 aromatic carbocycles. The number of hydrogen-bond donors (Lipinski definition) is 0. The van der Waals surface area contributed by atoms with Crippen molar-refractivity contribution in [2.45, 2.75) is 42.9 Å². The monoisotopic (exact) mass is 447 g/mol. The lowest BCUT2D eigenvalue weighted by Crippen LogP contribution is -2.51. The lowest BCUT2D eigenvalue weighted by molar-refractivity contribution is -0.150. The first-order valence-electron chi connectivity index (χ1n) is 9.66. The Morgan fingerprint density at radius 1 is 1.31 bits per heavy atom. The molecule has 0 amide bonds. The topological polar surface area (TPSA) is 97.8 Å². The fourth-order valence-corrected chi connectivity index (χ4v) is 9.35. The Morgan fingerprint density at radius 3 is 2.69 bits per heavy atom. The van der Waals surface area contributed by atoms with Gasteiger partial charge in [-0.15, -0.1) is 0 Å². The van der Waals surface area contributed by atoms with Gasteiger partial charge in [-0.05, 0) is 57.0 Å². The molecule has 2 fully saturated rings. The number of esters is 1. The molecule has 0 N–H and O–H groups in total. The van der Waals surface area contributed by atoms with Crippen LogP contribution >= 0.6 is 0 Å². The van der Waals surface area contributed by atoms with Crippen molar-refractivity contribution in [1.82, 2.24) is 4.90 Å². The van der Waals surface area contributed by atoms with Gasteiger partial charge in [0.1, 0.15) is 5.82 Å². The summed E-state index contributed by atoms with van der Waals surface area (Å²) in [5.41, 5.74) is 0.246. The molecule has 1 unspecified atom stereocenters. The van der Waals surface area contributed by atoms with Crippen LogP contribution in [0.2, 0.25) is 0 Å². The molecule has 2 aliphatic rings. The zero-order valence-electron chi connectivity index (χ0n) is 16.5. The van der Waals surface area contributed by atoms with E-state index in [0.717, 1.165) is 12.1 Å². The van der Waals surface area contributed by atoms with E-state index >= 15 is 0 Å². The summed E-state index contributed by atoms with van der Waals surface area (Å²) in [6, 6.07) is 2.64. The summed E-state index contributed by atoms with van der Waals surface area (Å²) in [6.07, 6.45) is 1.28. The van der Waals surface area contributed by atoms with E-state index in [9.17, 15) is 26.0 Å². The molecular weight excluding hydrogens is 421 g/mol. The third kappa shape index (κ3) is 4.64. The van der Waals surface area contributed by atoms with Crippen molar-refractivity contribution >= 4 is 25.6 Å². The first-order valence-corrected chi connectivity index (χ1v) is 13.0. The van der Waals surface area contributed by atoms with Crippen LogP contribution < -0.4 is 0 Å². The molecule has 0 saturated carbocycles. The molecule has 3 atom stereocenters. The fraction of sp³-hybridized carbons (Fsp3) is 0.632. The minimum absolute atomic E-state index is 0.0510. The average Bonchev–Trinajstić information content (AvgIpc) is 2.98. The van der Waals surface area contributed by atoms with Crippen molar-refractivity contribution < 1.29 is 30.8 Å². The number of nitrogens with zero attached hydrogens (tertiary/aromatic N) is 1. The average molecular weight is 448 g/mol. The minimum atomic E-state index is -4.01. The van der Waals surface area contributed by atoms with E-state index in [1.165, 1.54) is 13.0 Å². The molecule has 2 aliphatic heterocycles. The second-order valence-corrected chi connectivity index (χ2v) is 12.0. The third-order valence-electron chi connectivity index (χ3n) is 5.66. The van der Waals surface area contributed by atoms with Crippen molar-refractivity contribution in [1.29, 1.82) is 0 Å². The van der Waals surface area contributed by atoms with E-state index in [-0.39, 0.29) is 35.3 Å². The van der Waals surface area contributed by atoms with Crippen molar-refractivity contribution in [2.24, 2.45) is 5.92 Å². The maximum absolute atomic E-state index is 13.4. The number of piperidine rings is 1. The van der Waals surface area contributed by atoms with Gasteiger partial charge in [-0.25, -0.2) is 21.2 Å². The van der Waals surface area contributed by atoms with Crippen LogP contribution in [0.4, 0.5) is 4.39 Å². The van der Waals surface area contributed by atoms with Gasteiger partial charge in [0.15, 0.2) is 19.7 Å². The molecule has 10 heteroatoms. The number of likely N-dealkylation sites (tertiary alicyclic amines) is 1.